The van der Waals surface area contributed by atoms with Gasteiger partial charge in [-0.3, -0.25) is 0 Å². The van der Waals surface area contributed by atoms with Crippen molar-refractivity contribution in [1.29, 1.82) is 0 Å². The van der Waals surface area contributed by atoms with Crippen LogP contribution in [0.5, 0.6) is 0 Å². The molecule has 4 rings (SSSR count). The first-order valence-corrected chi connectivity index (χ1v) is 14.7. The second kappa shape index (κ2) is 12.2. The van der Waals surface area contributed by atoms with Gasteiger partial charge in [-0.25, -0.2) is 12.1 Å². The van der Waals surface area contributed by atoms with Crippen molar-refractivity contribution in [3.05, 3.63) is 82.9 Å². The van der Waals surface area contributed by atoms with Crippen molar-refractivity contribution in [3.63, 3.8) is 0 Å². The molecule has 4 aromatic rings. The number of hydrogen-bond acceptors (Lipinski definition) is 0. The molecule has 0 aliphatic heterocycles. The first kappa shape index (κ1) is 30.6. The molecule has 0 spiro atoms. The van der Waals surface area contributed by atoms with Crippen LogP contribution in [0, 0.1) is 13.8 Å². The predicted molar refractivity (Wildman–Crippen MR) is 132 cm³/mol. The summed E-state index contributed by atoms with van der Waals surface area (Å²) in [6.45, 7) is 20.9. The van der Waals surface area contributed by atoms with Gasteiger partial charge in [0.25, 0.3) is 0 Å². The monoisotopic (exact) mass is 526 g/mol. The van der Waals surface area contributed by atoms with Gasteiger partial charge in [-0.2, -0.15) is 17.2 Å². The first-order valence-electron chi connectivity index (χ1n) is 10.5. The van der Waals surface area contributed by atoms with Gasteiger partial charge in [0.1, 0.15) is 0 Å². The fourth-order valence-electron chi connectivity index (χ4n) is 3.56. The van der Waals surface area contributed by atoms with Gasteiger partial charge in [-0.05, 0) is 10.8 Å². The average Bonchev–Trinajstić information content (AvgIpc) is 3.23. The zero-order valence-corrected chi connectivity index (χ0v) is 24.0. The minimum absolute atomic E-state index is 0. The zero-order valence-electron chi connectivity index (χ0n) is 20.5. The normalized spacial score (nSPS) is 10.9. The molecule has 0 bridgehead atoms. The third-order valence-corrected chi connectivity index (χ3v) is 5.75. The standard InChI is InChI=1S/C21H25.C7H9.2FH.Si.Zr/c1-20(2,3)16-7-9-18-14(12-16)11-15-13-17(21(4,5)6)8-10-19(15)18;1-6-4-3-5-7(6)2;;;;/h7-13H,1-6H3;3-5H,1-2H3;2*1H;;/q2*-1;;;;+2/p-2. The SMILES string of the molecule is CC(C)(C)c1ccc2c(c1)[cH-]c1cc(C(C)(C)C)ccc12.Cc1ccc[c-]1C.[F-].[F-].[Si]=[Zr+2]. The molecule has 0 saturated carbocycles. The zero-order chi connectivity index (χ0) is 22.7. The molecule has 0 aromatic heterocycles. The van der Waals surface area contributed by atoms with E-state index in [4.69, 9.17) is 0 Å². The van der Waals surface area contributed by atoms with Crippen molar-refractivity contribution in [1.82, 2.24) is 0 Å². The van der Waals surface area contributed by atoms with E-state index in [1.54, 1.807) is 0 Å². The summed E-state index contributed by atoms with van der Waals surface area (Å²) in [5.74, 6) is 0. The molecule has 0 unspecified atom stereocenters. The van der Waals surface area contributed by atoms with E-state index in [1.165, 1.54) is 67.1 Å². The third-order valence-electron chi connectivity index (χ3n) is 5.75. The molecular formula is C28H34F2SiZr-2. The molecular weight excluding hydrogens is 494 g/mol. The van der Waals surface area contributed by atoms with E-state index in [-0.39, 0.29) is 20.2 Å². The van der Waals surface area contributed by atoms with Crippen molar-refractivity contribution in [2.24, 2.45) is 0 Å². The number of benzene rings is 2. The van der Waals surface area contributed by atoms with Crippen molar-refractivity contribution in [2.45, 2.75) is 66.2 Å². The second-order valence-corrected chi connectivity index (χ2v) is 10.1. The van der Waals surface area contributed by atoms with E-state index in [0.717, 1.165) is 0 Å². The Hall–Kier alpha value is -1.38. The van der Waals surface area contributed by atoms with E-state index < -0.39 is 0 Å². The van der Waals surface area contributed by atoms with Crippen molar-refractivity contribution in [3.8, 4) is 0 Å². The Morgan fingerprint density at radius 3 is 1.41 bits per heavy atom. The van der Waals surface area contributed by atoms with Gasteiger partial charge < -0.3 is 9.41 Å². The molecule has 0 aliphatic rings. The Morgan fingerprint density at radius 2 is 1.16 bits per heavy atom. The molecule has 0 aliphatic carbocycles. The van der Waals surface area contributed by atoms with Gasteiger partial charge in [0.2, 0.25) is 0 Å². The summed E-state index contributed by atoms with van der Waals surface area (Å²) >= 11 is 1.36. The molecule has 0 amide bonds. The number of fused-ring (bicyclic) bond motifs is 3. The number of halogens is 2. The van der Waals surface area contributed by atoms with E-state index in [0.29, 0.717) is 0 Å². The molecule has 0 atom stereocenters. The van der Waals surface area contributed by atoms with Crippen molar-refractivity contribution in [2.75, 3.05) is 0 Å². The predicted octanol–water partition coefficient (Wildman–Crippen LogP) is 1.95. The third kappa shape index (κ3) is 7.32. The Labute approximate surface area is 209 Å². The van der Waals surface area contributed by atoms with Crippen molar-refractivity contribution >= 4 is 28.4 Å². The molecule has 0 N–H and O–H groups in total. The molecule has 32 heavy (non-hydrogen) atoms. The molecule has 0 nitrogen and oxygen atoms in total. The quantitative estimate of drug-likeness (QED) is 0.242. The van der Waals surface area contributed by atoms with E-state index in [1.807, 2.05) is 0 Å². The molecule has 2 radical (unpaired) electrons. The van der Waals surface area contributed by atoms with Gasteiger partial charge in [0.15, 0.2) is 0 Å². The molecule has 0 saturated heterocycles. The Balaban J connectivity index is 0.000000745. The Morgan fingerprint density at radius 1 is 0.750 bits per heavy atom. The van der Waals surface area contributed by atoms with Crippen LogP contribution < -0.4 is 9.41 Å². The van der Waals surface area contributed by atoms with Gasteiger partial charge in [-0.1, -0.05) is 90.8 Å². The molecule has 0 heterocycles. The molecule has 4 aromatic carbocycles. The summed E-state index contributed by atoms with van der Waals surface area (Å²) < 4.78 is 0. The minimum atomic E-state index is 0. The van der Waals surface area contributed by atoms with Crippen LogP contribution in [0.3, 0.4) is 0 Å². The van der Waals surface area contributed by atoms with Gasteiger partial charge >= 0.3 is 30.2 Å². The summed E-state index contributed by atoms with van der Waals surface area (Å²) in [5.41, 5.74) is 5.99. The maximum absolute atomic E-state index is 3.06. The van der Waals surface area contributed by atoms with E-state index in [2.05, 4.69) is 123 Å². The van der Waals surface area contributed by atoms with Crippen LogP contribution in [-0.2, 0) is 34.2 Å². The summed E-state index contributed by atoms with van der Waals surface area (Å²) in [4.78, 5) is 0. The molecule has 0 fully saturated rings. The van der Waals surface area contributed by atoms with E-state index >= 15 is 0 Å². The second-order valence-electron chi connectivity index (χ2n) is 10.1. The first-order chi connectivity index (χ1) is 14.0. The summed E-state index contributed by atoms with van der Waals surface area (Å²) in [6.07, 6.45) is 0. The topological polar surface area (TPSA) is 0 Å². The van der Waals surface area contributed by atoms with Crippen LogP contribution in [-0.4, -0.2) is 6.88 Å². The van der Waals surface area contributed by atoms with Crippen LogP contribution in [0.15, 0.2) is 60.7 Å². The van der Waals surface area contributed by atoms with Crippen LogP contribution >= 0.6 is 0 Å². The van der Waals surface area contributed by atoms with Gasteiger partial charge in [0, 0.05) is 0 Å². The van der Waals surface area contributed by atoms with Crippen LogP contribution in [0.2, 0.25) is 0 Å². The van der Waals surface area contributed by atoms with E-state index in [9.17, 15) is 0 Å². The Bertz CT molecular complexity index is 1040. The summed E-state index contributed by atoms with van der Waals surface area (Å²) in [7, 11) is 0. The number of hydrogen-bond donors (Lipinski definition) is 0. The molecule has 170 valence electrons. The average molecular weight is 528 g/mol. The van der Waals surface area contributed by atoms with Crippen molar-refractivity contribution < 1.29 is 32.7 Å². The van der Waals surface area contributed by atoms with Gasteiger partial charge in [0.05, 0.1) is 0 Å². The summed E-state index contributed by atoms with van der Waals surface area (Å²) in [6, 6.07) is 22.5. The summed E-state index contributed by atoms with van der Waals surface area (Å²) in [5, 5.41) is 5.48. The maximum atomic E-state index is 3.06. The fraction of sp³-hybridized carbons (Fsp3) is 0.357. The number of aryl methyl sites for hydroxylation is 2. The van der Waals surface area contributed by atoms with Crippen LogP contribution in [0.1, 0.15) is 63.8 Å². The molecule has 4 heteroatoms. The number of rotatable bonds is 0. The van der Waals surface area contributed by atoms with Gasteiger partial charge in [-0.15, -0.1) is 39.7 Å². The Kier molecular flexibility index (Phi) is 11.7. The van der Waals surface area contributed by atoms with Crippen LogP contribution in [0.25, 0.3) is 21.5 Å². The van der Waals surface area contributed by atoms with Crippen LogP contribution in [0.4, 0.5) is 0 Å². The fourth-order valence-corrected chi connectivity index (χ4v) is 3.56.